The van der Waals surface area contributed by atoms with Crippen LogP contribution in [0.2, 0.25) is 0 Å². The van der Waals surface area contributed by atoms with E-state index in [1.54, 1.807) is 36.4 Å². The molecule has 0 spiro atoms. The molecular weight excluding hydrogens is 851 g/mol. The predicted octanol–water partition coefficient (Wildman–Crippen LogP) is 5.33. The van der Waals surface area contributed by atoms with Gasteiger partial charge in [-0.25, -0.2) is 9.67 Å². The van der Waals surface area contributed by atoms with Crippen LogP contribution in [0.25, 0.3) is 10.4 Å². The predicted molar refractivity (Wildman–Crippen MR) is 245 cm³/mol. The van der Waals surface area contributed by atoms with Crippen LogP contribution in [0, 0.1) is 18.8 Å². The topological polar surface area (TPSA) is 188 Å². The lowest BCUT2D eigenvalue weighted by Gasteiger charge is -2.35. The number of carbonyl (C=O) groups is 3. The Morgan fingerprint density at radius 3 is 2.48 bits per heavy atom. The summed E-state index contributed by atoms with van der Waals surface area (Å²) in [4.78, 5) is 47.2. The van der Waals surface area contributed by atoms with E-state index in [0.29, 0.717) is 24.6 Å². The molecule has 3 atom stereocenters. The van der Waals surface area contributed by atoms with Crippen LogP contribution in [-0.4, -0.2) is 113 Å². The van der Waals surface area contributed by atoms with Gasteiger partial charge in [0.15, 0.2) is 11.5 Å². The van der Waals surface area contributed by atoms with Gasteiger partial charge in [0.1, 0.15) is 36.7 Å². The average Bonchev–Trinajstić information content (AvgIpc) is 4.05. The maximum absolute atomic E-state index is 13.9. The van der Waals surface area contributed by atoms with Crippen LogP contribution in [-0.2, 0) is 50.0 Å². The smallest absolute Gasteiger partial charge is 0.246 e. The molecular formula is C48H60N7O9S. The summed E-state index contributed by atoms with van der Waals surface area (Å²) in [5.41, 5.74) is 6.92. The number of benzene rings is 3. The largest absolute Gasteiger partial charge is 0.493 e. The number of aliphatic hydroxyl groups is 1. The Bertz CT molecular complexity index is 2330. The van der Waals surface area contributed by atoms with Crippen molar-refractivity contribution in [1.82, 2.24) is 35.5 Å². The molecule has 3 N–H and O–H groups in total. The van der Waals surface area contributed by atoms with Gasteiger partial charge in [-0.3, -0.25) is 14.4 Å². The quantitative estimate of drug-likeness (QED) is 0.0716. The van der Waals surface area contributed by atoms with Crippen molar-refractivity contribution in [1.29, 1.82) is 0 Å². The van der Waals surface area contributed by atoms with Crippen molar-refractivity contribution in [3.05, 3.63) is 113 Å². The van der Waals surface area contributed by atoms with Gasteiger partial charge < -0.3 is 44.3 Å². The van der Waals surface area contributed by atoms with E-state index < -0.39 is 35.4 Å². The molecule has 0 aliphatic carbocycles. The fourth-order valence-corrected chi connectivity index (χ4v) is 8.18. The maximum Gasteiger partial charge on any atom is 0.246 e. The zero-order valence-electron chi connectivity index (χ0n) is 38.0. The standard InChI is InChI=1S/C48H60N7O9S/c1-32-44(65-31-50-32)36-16-13-35(14-17-36)26-49-46(58)40-25-38(56)28-55(40)47(59)45(48(2,3)4)51-43(57)30-63-22-21-62-20-19-54-27-37(52-53-54)29-64-39-12-8-11-33(23-39)9-7-10-34-15-18-41(60-5)42(24-34)61-6/h8-9,11-18,23-24,27,31,38,40,45,56H,7,10,19-22,25-26,28-30H2,1-6H3,(H,49,58)(H,51,57)/t38-,40+,45-/m1/s1. The number of likely N-dealkylation sites (tertiary alicyclic amines) is 1. The Kier molecular flexibility index (Phi) is 17.4. The van der Waals surface area contributed by atoms with Crippen LogP contribution < -0.4 is 24.8 Å². The van der Waals surface area contributed by atoms with Gasteiger partial charge in [0.25, 0.3) is 0 Å². The number of aryl methyl sites for hydroxylation is 2. The molecule has 3 heterocycles. The second-order valence-corrected chi connectivity index (χ2v) is 17.7. The van der Waals surface area contributed by atoms with Crippen molar-refractivity contribution in [3.63, 3.8) is 0 Å². The third-order valence-corrected chi connectivity index (χ3v) is 11.9. The molecule has 2 aromatic heterocycles. The van der Waals surface area contributed by atoms with Gasteiger partial charge in [-0.1, -0.05) is 68.4 Å². The number of amides is 3. The van der Waals surface area contributed by atoms with E-state index in [4.69, 9.17) is 23.7 Å². The fraction of sp³-hybridized carbons (Fsp3) is 0.438. The van der Waals surface area contributed by atoms with Crippen LogP contribution in [0.4, 0.5) is 0 Å². The molecule has 3 amide bonds. The van der Waals surface area contributed by atoms with E-state index in [-0.39, 0.29) is 51.8 Å². The van der Waals surface area contributed by atoms with Crippen LogP contribution in [0.5, 0.6) is 17.2 Å². The maximum atomic E-state index is 13.9. The highest BCUT2D eigenvalue weighted by molar-refractivity contribution is 7.13. The molecule has 0 saturated carbocycles. The molecule has 0 unspecified atom stereocenters. The Morgan fingerprint density at radius 2 is 1.74 bits per heavy atom. The Morgan fingerprint density at radius 1 is 0.969 bits per heavy atom. The third kappa shape index (κ3) is 14.1. The minimum atomic E-state index is -0.966. The van der Waals surface area contributed by atoms with E-state index in [1.807, 2.05) is 99.9 Å². The number of nitrogens with zero attached hydrogens (tertiary/aromatic N) is 5. The average molecular weight is 911 g/mol. The van der Waals surface area contributed by atoms with Crippen LogP contribution in [0.3, 0.4) is 0 Å². The lowest BCUT2D eigenvalue weighted by Crippen LogP contribution is -2.58. The number of rotatable bonds is 23. The Hall–Kier alpha value is -5.88. The number of aliphatic hydroxyl groups excluding tert-OH is 1. The number of β-amino-alcohol motifs (C(OH)–C–C–N with tert-alkyl or cyclic N) is 1. The number of ether oxygens (including phenoxy) is 5. The Labute approximate surface area is 384 Å². The van der Waals surface area contributed by atoms with Crippen molar-refractivity contribution in [2.75, 3.05) is 47.2 Å². The van der Waals surface area contributed by atoms with Gasteiger partial charge in [0.05, 0.1) is 69.0 Å². The first-order valence-corrected chi connectivity index (χ1v) is 22.6. The third-order valence-electron chi connectivity index (χ3n) is 10.9. The number of hydrogen-bond acceptors (Lipinski definition) is 13. The van der Waals surface area contributed by atoms with Crippen LogP contribution in [0.15, 0.2) is 78.4 Å². The van der Waals surface area contributed by atoms with Crippen LogP contribution in [0.1, 0.15) is 61.7 Å². The van der Waals surface area contributed by atoms with E-state index in [0.717, 1.165) is 57.2 Å². The van der Waals surface area contributed by atoms with Gasteiger partial charge in [0, 0.05) is 19.5 Å². The molecule has 16 nitrogen and oxygen atoms in total. The molecule has 65 heavy (non-hydrogen) atoms. The highest BCUT2D eigenvalue weighted by atomic mass is 32.1. The first kappa shape index (κ1) is 48.6. The van der Waals surface area contributed by atoms with Crippen molar-refractivity contribution in [2.24, 2.45) is 5.41 Å². The molecule has 1 radical (unpaired) electrons. The first-order chi connectivity index (χ1) is 31.3. The minimum Gasteiger partial charge on any atom is -0.493 e. The molecule has 1 saturated heterocycles. The molecule has 347 valence electrons. The number of methoxy groups -OCH3 is 2. The van der Waals surface area contributed by atoms with E-state index in [9.17, 15) is 19.5 Å². The highest BCUT2D eigenvalue weighted by Crippen LogP contribution is 2.30. The van der Waals surface area contributed by atoms with E-state index >= 15 is 0 Å². The molecule has 5 aromatic rings. The lowest BCUT2D eigenvalue weighted by atomic mass is 9.85. The molecule has 1 aliphatic heterocycles. The fourth-order valence-electron chi connectivity index (χ4n) is 7.37. The van der Waals surface area contributed by atoms with Crippen molar-refractivity contribution < 1.29 is 43.2 Å². The van der Waals surface area contributed by atoms with Crippen molar-refractivity contribution in [2.45, 2.75) is 84.8 Å². The van der Waals surface area contributed by atoms with Gasteiger partial charge in [-0.2, -0.15) is 0 Å². The van der Waals surface area contributed by atoms with Gasteiger partial charge >= 0.3 is 0 Å². The summed E-state index contributed by atoms with van der Waals surface area (Å²) in [5, 5.41) is 24.7. The minimum absolute atomic E-state index is 0.0157. The summed E-state index contributed by atoms with van der Waals surface area (Å²) in [7, 11) is 3.26. The summed E-state index contributed by atoms with van der Waals surface area (Å²) in [6.07, 6.45) is 4.90. The summed E-state index contributed by atoms with van der Waals surface area (Å²) in [6, 6.07) is 19.9. The lowest BCUT2D eigenvalue weighted by molar-refractivity contribution is -0.144. The molecule has 6 rings (SSSR count). The summed E-state index contributed by atoms with van der Waals surface area (Å²) < 4.78 is 29.7. The van der Waals surface area contributed by atoms with E-state index in [2.05, 4.69) is 32.4 Å². The SMILES string of the molecule is COc1ccc(CC[CH]c2cccc(OCc3cn(CCOCCOCC(=O)N[C@H](C(=O)N4C[C@H](O)C[C@H]4C(=O)NCc4ccc(-c5scnc5C)cc4)C(C)(C)C)nn3)c2)cc1OC. The van der Waals surface area contributed by atoms with Crippen molar-refractivity contribution in [3.8, 4) is 27.7 Å². The number of thiazole rings is 1. The van der Waals surface area contributed by atoms with Gasteiger partial charge in [-0.15, -0.1) is 16.4 Å². The number of aromatic nitrogens is 4. The first-order valence-electron chi connectivity index (χ1n) is 21.7. The molecule has 1 fully saturated rings. The second kappa shape index (κ2) is 23.3. The monoisotopic (exact) mass is 910 g/mol. The number of nitrogens with one attached hydrogen (secondary N) is 2. The molecule has 1 aliphatic rings. The summed E-state index contributed by atoms with van der Waals surface area (Å²) in [5.74, 6) is 0.862. The number of hydrogen-bond donors (Lipinski definition) is 3. The summed E-state index contributed by atoms with van der Waals surface area (Å²) in [6.45, 7) is 8.86. The van der Waals surface area contributed by atoms with Crippen LogP contribution >= 0.6 is 11.3 Å². The van der Waals surface area contributed by atoms with Gasteiger partial charge in [-0.05, 0) is 78.1 Å². The highest BCUT2D eigenvalue weighted by Gasteiger charge is 2.44. The zero-order valence-corrected chi connectivity index (χ0v) is 38.8. The molecule has 17 heteroatoms. The molecule has 3 aromatic carbocycles. The van der Waals surface area contributed by atoms with E-state index in [1.165, 1.54) is 4.90 Å². The second-order valence-electron chi connectivity index (χ2n) is 16.9. The number of carbonyl (C=O) groups excluding carboxylic acids is 3. The zero-order chi connectivity index (χ0) is 46.3. The molecule has 0 bridgehead atoms. The normalized spacial score (nSPS) is 15.4. The summed E-state index contributed by atoms with van der Waals surface area (Å²) >= 11 is 1.57. The Balaban J connectivity index is 0.864. The van der Waals surface area contributed by atoms with Crippen molar-refractivity contribution >= 4 is 29.1 Å². The van der Waals surface area contributed by atoms with Gasteiger partial charge in [0.2, 0.25) is 17.7 Å².